The first-order valence-electron chi connectivity index (χ1n) is 7.49. The smallest absolute Gasteiger partial charge is 0.254 e. The van der Waals surface area contributed by atoms with Crippen LogP contribution < -0.4 is 5.56 Å². The fourth-order valence-corrected chi connectivity index (χ4v) is 2.44. The van der Waals surface area contributed by atoms with Gasteiger partial charge in [0.05, 0.1) is 12.6 Å². The fourth-order valence-electron chi connectivity index (χ4n) is 2.44. The summed E-state index contributed by atoms with van der Waals surface area (Å²) in [5, 5.41) is 0. The molecule has 2 rings (SSSR count). The van der Waals surface area contributed by atoms with Gasteiger partial charge in [-0.1, -0.05) is 30.3 Å². The molecule has 0 saturated carbocycles. The van der Waals surface area contributed by atoms with Crippen molar-refractivity contribution in [2.75, 3.05) is 20.8 Å². The van der Waals surface area contributed by atoms with Crippen LogP contribution in [0.2, 0.25) is 0 Å². The van der Waals surface area contributed by atoms with E-state index in [2.05, 4.69) is 0 Å². The topological polar surface area (TPSA) is 51.5 Å². The second-order valence-corrected chi connectivity index (χ2v) is 5.58. The van der Waals surface area contributed by atoms with Crippen molar-refractivity contribution in [3.05, 3.63) is 70.1 Å². The van der Waals surface area contributed by atoms with E-state index in [1.165, 1.54) is 10.6 Å². The average molecular weight is 314 g/mol. The van der Waals surface area contributed by atoms with Crippen LogP contribution >= 0.6 is 0 Å². The van der Waals surface area contributed by atoms with Crippen LogP contribution in [0.15, 0.2) is 53.5 Å². The van der Waals surface area contributed by atoms with Gasteiger partial charge in [-0.15, -0.1) is 0 Å². The number of hydrogen-bond donors (Lipinski definition) is 0. The number of ether oxygens (including phenoxy) is 1. The lowest BCUT2D eigenvalue weighted by atomic mass is 10.0. The number of benzene rings is 1. The maximum atomic E-state index is 12.6. The molecule has 0 spiro atoms. The van der Waals surface area contributed by atoms with Crippen LogP contribution in [0.5, 0.6) is 0 Å². The van der Waals surface area contributed by atoms with Crippen LogP contribution in [0, 0.1) is 0 Å². The Kier molecular flexibility index (Phi) is 5.71. The van der Waals surface area contributed by atoms with Gasteiger partial charge in [0.15, 0.2) is 0 Å². The SMILES string of the molecule is COC[C@@H](Cc1ccccc1)N(C)C(=O)c1ccn(C)c(=O)c1. The molecule has 0 fully saturated rings. The van der Waals surface area contributed by atoms with Crippen LogP contribution in [0.3, 0.4) is 0 Å². The third-order valence-corrected chi connectivity index (χ3v) is 3.89. The van der Waals surface area contributed by atoms with E-state index in [9.17, 15) is 9.59 Å². The van der Waals surface area contributed by atoms with E-state index in [-0.39, 0.29) is 17.5 Å². The molecule has 0 N–H and O–H groups in total. The second-order valence-electron chi connectivity index (χ2n) is 5.58. The highest BCUT2D eigenvalue weighted by Gasteiger charge is 2.22. The molecule has 122 valence electrons. The summed E-state index contributed by atoms with van der Waals surface area (Å²) in [5.74, 6) is -0.180. The summed E-state index contributed by atoms with van der Waals surface area (Å²) in [7, 11) is 5.02. The Labute approximate surface area is 136 Å². The predicted octanol–water partition coefficient (Wildman–Crippen LogP) is 1.72. The van der Waals surface area contributed by atoms with Gasteiger partial charge in [-0.3, -0.25) is 9.59 Å². The highest BCUT2D eigenvalue weighted by Crippen LogP contribution is 2.11. The Bertz CT molecular complexity index is 710. The molecule has 5 nitrogen and oxygen atoms in total. The van der Waals surface area contributed by atoms with E-state index in [0.717, 1.165) is 5.56 Å². The lowest BCUT2D eigenvalue weighted by molar-refractivity contribution is 0.0604. The zero-order valence-electron chi connectivity index (χ0n) is 13.7. The molecule has 1 aromatic carbocycles. The van der Waals surface area contributed by atoms with Crippen molar-refractivity contribution >= 4 is 5.91 Å². The van der Waals surface area contributed by atoms with E-state index in [1.807, 2.05) is 30.3 Å². The average Bonchev–Trinajstić information content (AvgIpc) is 2.56. The molecule has 0 aliphatic rings. The Balaban J connectivity index is 2.19. The Hall–Kier alpha value is -2.40. The van der Waals surface area contributed by atoms with E-state index in [4.69, 9.17) is 4.74 Å². The maximum absolute atomic E-state index is 12.6. The summed E-state index contributed by atoms with van der Waals surface area (Å²) in [6, 6.07) is 12.9. The van der Waals surface area contributed by atoms with Gasteiger partial charge in [0.25, 0.3) is 11.5 Å². The molecule has 0 unspecified atom stereocenters. The first-order valence-corrected chi connectivity index (χ1v) is 7.49. The summed E-state index contributed by atoms with van der Waals surface area (Å²) < 4.78 is 6.70. The van der Waals surface area contributed by atoms with Crippen LogP contribution in [0.1, 0.15) is 15.9 Å². The van der Waals surface area contributed by atoms with Crippen LogP contribution in [-0.2, 0) is 18.2 Å². The van der Waals surface area contributed by atoms with Crippen molar-refractivity contribution in [3.63, 3.8) is 0 Å². The largest absolute Gasteiger partial charge is 0.383 e. The van der Waals surface area contributed by atoms with Crippen LogP contribution in [-0.4, -0.2) is 42.2 Å². The number of aromatic nitrogens is 1. The number of aryl methyl sites for hydroxylation is 1. The van der Waals surface area contributed by atoms with Gasteiger partial charge in [-0.05, 0) is 18.1 Å². The van der Waals surface area contributed by atoms with Crippen molar-refractivity contribution in [1.29, 1.82) is 0 Å². The van der Waals surface area contributed by atoms with E-state index < -0.39 is 0 Å². The lowest BCUT2D eigenvalue weighted by Crippen LogP contribution is -2.41. The summed E-state index contributed by atoms with van der Waals surface area (Å²) in [4.78, 5) is 26.0. The number of carbonyl (C=O) groups is 1. The second kappa shape index (κ2) is 7.74. The number of methoxy groups -OCH3 is 1. The molecule has 1 heterocycles. The third-order valence-electron chi connectivity index (χ3n) is 3.89. The normalized spacial score (nSPS) is 12.0. The summed E-state index contributed by atoms with van der Waals surface area (Å²) in [6.07, 6.45) is 2.30. The lowest BCUT2D eigenvalue weighted by Gasteiger charge is -2.28. The zero-order chi connectivity index (χ0) is 16.8. The minimum atomic E-state index is -0.199. The molecule has 2 aromatic rings. The molecule has 0 aliphatic heterocycles. The molecule has 1 aromatic heterocycles. The molecule has 0 bridgehead atoms. The highest BCUT2D eigenvalue weighted by molar-refractivity contribution is 5.94. The van der Waals surface area contributed by atoms with Gasteiger partial charge in [-0.2, -0.15) is 0 Å². The third kappa shape index (κ3) is 4.29. The molecule has 1 amide bonds. The molecule has 23 heavy (non-hydrogen) atoms. The van der Waals surface area contributed by atoms with Gasteiger partial charge >= 0.3 is 0 Å². The minimum absolute atomic E-state index is 0.0982. The van der Waals surface area contributed by atoms with Crippen molar-refractivity contribution in [1.82, 2.24) is 9.47 Å². The number of carbonyl (C=O) groups excluding carboxylic acids is 1. The van der Waals surface area contributed by atoms with E-state index in [0.29, 0.717) is 18.6 Å². The van der Waals surface area contributed by atoms with Gasteiger partial charge < -0.3 is 14.2 Å². The molecule has 5 heteroatoms. The van der Waals surface area contributed by atoms with E-state index >= 15 is 0 Å². The Morgan fingerprint density at radius 1 is 1.26 bits per heavy atom. The van der Waals surface area contributed by atoms with Gasteiger partial charge in [0.1, 0.15) is 0 Å². The van der Waals surface area contributed by atoms with E-state index in [1.54, 1.807) is 38.4 Å². The van der Waals surface area contributed by atoms with Crippen molar-refractivity contribution < 1.29 is 9.53 Å². The van der Waals surface area contributed by atoms with Crippen LogP contribution in [0.4, 0.5) is 0 Å². The monoisotopic (exact) mass is 314 g/mol. The number of likely N-dealkylation sites (N-methyl/N-ethyl adjacent to an activating group) is 1. The first kappa shape index (κ1) is 17.0. The van der Waals surface area contributed by atoms with Gasteiger partial charge in [0, 0.05) is 39.0 Å². The number of nitrogens with zero attached hydrogens (tertiary/aromatic N) is 2. The standard InChI is InChI=1S/C18H22N2O3/c1-19-10-9-15(12-17(19)21)18(22)20(2)16(13-23-3)11-14-7-5-4-6-8-14/h4-10,12,16H,11,13H2,1-3H3/t16-/m1/s1. The maximum Gasteiger partial charge on any atom is 0.254 e. The molecule has 0 radical (unpaired) electrons. The number of pyridine rings is 1. The summed E-state index contributed by atoms with van der Waals surface area (Å²) in [5.41, 5.74) is 1.33. The molecular formula is C18H22N2O3. The predicted molar refractivity (Wildman–Crippen MR) is 89.6 cm³/mol. The summed E-state index contributed by atoms with van der Waals surface area (Å²) in [6.45, 7) is 0.433. The zero-order valence-corrected chi connectivity index (χ0v) is 13.7. The number of hydrogen-bond acceptors (Lipinski definition) is 3. The minimum Gasteiger partial charge on any atom is -0.383 e. The molecule has 0 saturated heterocycles. The summed E-state index contributed by atoms with van der Waals surface area (Å²) >= 11 is 0. The quantitative estimate of drug-likeness (QED) is 0.816. The molecular weight excluding hydrogens is 292 g/mol. The molecule has 0 aliphatic carbocycles. The number of amides is 1. The van der Waals surface area contributed by atoms with Crippen molar-refractivity contribution in [2.24, 2.45) is 7.05 Å². The highest BCUT2D eigenvalue weighted by atomic mass is 16.5. The van der Waals surface area contributed by atoms with Crippen molar-refractivity contribution in [3.8, 4) is 0 Å². The molecule has 1 atom stereocenters. The fraction of sp³-hybridized carbons (Fsp3) is 0.333. The van der Waals surface area contributed by atoms with Gasteiger partial charge in [-0.25, -0.2) is 0 Å². The Morgan fingerprint density at radius 2 is 1.96 bits per heavy atom. The van der Waals surface area contributed by atoms with Crippen molar-refractivity contribution in [2.45, 2.75) is 12.5 Å². The number of rotatable bonds is 6. The van der Waals surface area contributed by atoms with Gasteiger partial charge in [0.2, 0.25) is 0 Å². The Morgan fingerprint density at radius 3 is 2.57 bits per heavy atom. The first-order chi connectivity index (χ1) is 11.0. The van der Waals surface area contributed by atoms with Crippen LogP contribution in [0.25, 0.3) is 0 Å².